The van der Waals surface area contributed by atoms with Gasteiger partial charge in [-0.15, -0.1) is 0 Å². The average molecular weight is 269 g/mol. The van der Waals surface area contributed by atoms with Crippen molar-refractivity contribution in [2.75, 3.05) is 13.6 Å². The summed E-state index contributed by atoms with van der Waals surface area (Å²) < 4.78 is 26.2. The number of aliphatic carboxylic acids is 1. The van der Waals surface area contributed by atoms with E-state index in [1.165, 1.54) is 12.1 Å². The summed E-state index contributed by atoms with van der Waals surface area (Å²) in [6.07, 6.45) is 1.80. The quantitative estimate of drug-likeness (QED) is 0.891. The van der Waals surface area contributed by atoms with Crippen LogP contribution in [-0.2, 0) is 11.2 Å². The normalized spacial score (nSPS) is 22.3. The van der Waals surface area contributed by atoms with Crippen LogP contribution in [0.2, 0.25) is 0 Å². The van der Waals surface area contributed by atoms with E-state index in [1.807, 2.05) is 11.9 Å². The maximum Gasteiger partial charge on any atom is 0.306 e. The minimum Gasteiger partial charge on any atom is -0.481 e. The summed E-state index contributed by atoms with van der Waals surface area (Å²) in [5.74, 6) is -2.08. The van der Waals surface area contributed by atoms with Gasteiger partial charge in [-0.25, -0.2) is 8.78 Å². The number of carboxylic acids is 1. The number of rotatable bonds is 5. The lowest BCUT2D eigenvalue weighted by Crippen LogP contribution is -2.45. The molecule has 0 aromatic heterocycles. The molecular weight excluding hydrogens is 252 g/mol. The largest absolute Gasteiger partial charge is 0.481 e. The van der Waals surface area contributed by atoms with Crippen LogP contribution in [0.5, 0.6) is 0 Å². The van der Waals surface area contributed by atoms with Crippen molar-refractivity contribution in [2.45, 2.75) is 25.3 Å². The number of carboxylic acid groups (broad SMARTS) is 1. The minimum atomic E-state index is -0.741. The van der Waals surface area contributed by atoms with Crippen LogP contribution >= 0.6 is 0 Å². The Balaban J connectivity index is 1.81. The summed E-state index contributed by atoms with van der Waals surface area (Å²) in [4.78, 5) is 12.7. The van der Waals surface area contributed by atoms with Crippen molar-refractivity contribution in [3.8, 4) is 0 Å². The Hall–Kier alpha value is -1.49. The van der Waals surface area contributed by atoms with Crippen LogP contribution in [0.4, 0.5) is 8.78 Å². The van der Waals surface area contributed by atoms with Gasteiger partial charge in [-0.05, 0) is 37.9 Å². The summed E-state index contributed by atoms with van der Waals surface area (Å²) in [6, 6.07) is 3.85. The Kier molecular flexibility index (Phi) is 4.14. The second-order valence-electron chi connectivity index (χ2n) is 5.13. The molecule has 0 radical (unpaired) electrons. The van der Waals surface area contributed by atoms with Gasteiger partial charge in [0, 0.05) is 18.7 Å². The third-order valence-electron chi connectivity index (χ3n) is 3.83. The van der Waals surface area contributed by atoms with Gasteiger partial charge < -0.3 is 10.0 Å². The molecule has 0 bridgehead atoms. The molecule has 0 spiro atoms. The molecule has 0 heterocycles. The summed E-state index contributed by atoms with van der Waals surface area (Å²) in [5.41, 5.74) is 0.488. The third-order valence-corrected chi connectivity index (χ3v) is 3.83. The van der Waals surface area contributed by atoms with Gasteiger partial charge in [-0.1, -0.05) is 6.07 Å². The smallest absolute Gasteiger partial charge is 0.306 e. The van der Waals surface area contributed by atoms with Crippen molar-refractivity contribution in [3.05, 3.63) is 35.4 Å². The standard InChI is InChI=1S/C14H17F2NO2/c1-17(12-6-10(7-12)14(18)19)5-4-9-2-3-11(15)8-13(9)16/h2-3,8,10,12H,4-7H2,1H3,(H,18,19). The van der Waals surface area contributed by atoms with E-state index < -0.39 is 17.6 Å². The molecule has 1 saturated carbocycles. The fourth-order valence-electron chi connectivity index (χ4n) is 2.35. The molecule has 104 valence electrons. The molecule has 2 rings (SSSR count). The molecule has 0 aliphatic heterocycles. The molecule has 1 aliphatic rings. The van der Waals surface area contributed by atoms with Crippen molar-refractivity contribution in [1.29, 1.82) is 0 Å². The zero-order chi connectivity index (χ0) is 14.0. The molecule has 0 unspecified atom stereocenters. The van der Waals surface area contributed by atoms with E-state index in [0.717, 1.165) is 6.07 Å². The number of nitrogens with zero attached hydrogens (tertiary/aromatic N) is 1. The first kappa shape index (κ1) is 13.9. The first-order valence-corrected chi connectivity index (χ1v) is 6.34. The number of benzene rings is 1. The Morgan fingerprint density at radius 1 is 1.42 bits per heavy atom. The average Bonchev–Trinajstić information content (AvgIpc) is 2.25. The molecule has 1 N–H and O–H groups in total. The van der Waals surface area contributed by atoms with Gasteiger partial charge in [-0.3, -0.25) is 4.79 Å². The topological polar surface area (TPSA) is 40.5 Å². The first-order chi connectivity index (χ1) is 8.97. The minimum absolute atomic E-state index is 0.241. The zero-order valence-electron chi connectivity index (χ0n) is 10.8. The molecular formula is C14H17F2NO2. The highest BCUT2D eigenvalue weighted by Crippen LogP contribution is 2.31. The summed E-state index contributed by atoms with van der Waals surface area (Å²) in [5, 5.41) is 8.80. The van der Waals surface area contributed by atoms with Crippen molar-refractivity contribution in [3.63, 3.8) is 0 Å². The van der Waals surface area contributed by atoms with Crippen LogP contribution < -0.4 is 0 Å². The van der Waals surface area contributed by atoms with E-state index in [2.05, 4.69) is 0 Å². The van der Waals surface area contributed by atoms with Crippen LogP contribution in [0.25, 0.3) is 0 Å². The number of halogens is 2. The maximum absolute atomic E-state index is 13.4. The molecule has 3 nitrogen and oxygen atoms in total. The van der Waals surface area contributed by atoms with Gasteiger partial charge in [0.15, 0.2) is 0 Å². The number of likely N-dealkylation sites (N-methyl/N-ethyl adjacent to an activating group) is 1. The maximum atomic E-state index is 13.4. The summed E-state index contributed by atoms with van der Waals surface area (Å²) in [7, 11) is 1.91. The second-order valence-corrected chi connectivity index (χ2v) is 5.13. The predicted molar refractivity (Wildman–Crippen MR) is 66.8 cm³/mol. The molecule has 5 heteroatoms. The molecule has 0 atom stereocenters. The van der Waals surface area contributed by atoms with Crippen LogP contribution in [0, 0.1) is 17.6 Å². The molecule has 1 fully saturated rings. The van der Waals surface area contributed by atoms with Crippen LogP contribution in [0.15, 0.2) is 18.2 Å². The molecule has 19 heavy (non-hydrogen) atoms. The lowest BCUT2D eigenvalue weighted by molar-refractivity contribution is -0.146. The molecule has 0 amide bonds. The van der Waals surface area contributed by atoms with Crippen LogP contribution in [0.1, 0.15) is 18.4 Å². The Bertz CT molecular complexity index is 473. The van der Waals surface area contributed by atoms with Gasteiger partial charge in [0.2, 0.25) is 0 Å². The Labute approximate surface area is 110 Å². The van der Waals surface area contributed by atoms with Crippen molar-refractivity contribution in [1.82, 2.24) is 4.90 Å². The van der Waals surface area contributed by atoms with Crippen LogP contribution in [0.3, 0.4) is 0 Å². The van der Waals surface area contributed by atoms with Gasteiger partial charge in [-0.2, -0.15) is 0 Å². The summed E-state index contributed by atoms with van der Waals surface area (Å²) >= 11 is 0. The fourth-order valence-corrected chi connectivity index (χ4v) is 2.35. The number of hydrogen-bond donors (Lipinski definition) is 1. The summed E-state index contributed by atoms with van der Waals surface area (Å²) in [6.45, 7) is 0.638. The fraction of sp³-hybridized carbons (Fsp3) is 0.500. The highest BCUT2D eigenvalue weighted by molar-refractivity contribution is 5.71. The molecule has 0 saturated heterocycles. The lowest BCUT2D eigenvalue weighted by Gasteiger charge is -2.39. The van der Waals surface area contributed by atoms with Gasteiger partial charge in [0.25, 0.3) is 0 Å². The van der Waals surface area contributed by atoms with Gasteiger partial charge in [0.05, 0.1) is 5.92 Å². The first-order valence-electron chi connectivity index (χ1n) is 6.34. The van der Waals surface area contributed by atoms with Gasteiger partial charge >= 0.3 is 5.97 Å². The molecule has 1 aromatic carbocycles. The van der Waals surface area contributed by atoms with Gasteiger partial charge in [0.1, 0.15) is 11.6 Å². The highest BCUT2D eigenvalue weighted by atomic mass is 19.1. The monoisotopic (exact) mass is 269 g/mol. The van der Waals surface area contributed by atoms with E-state index in [4.69, 9.17) is 5.11 Å². The van der Waals surface area contributed by atoms with E-state index in [9.17, 15) is 13.6 Å². The Morgan fingerprint density at radius 2 is 2.11 bits per heavy atom. The Morgan fingerprint density at radius 3 is 2.68 bits per heavy atom. The highest BCUT2D eigenvalue weighted by Gasteiger charge is 2.36. The predicted octanol–water partition coefficient (Wildman–Crippen LogP) is 2.30. The zero-order valence-corrected chi connectivity index (χ0v) is 10.8. The van der Waals surface area contributed by atoms with E-state index in [0.29, 0.717) is 31.4 Å². The van der Waals surface area contributed by atoms with E-state index in [1.54, 1.807) is 0 Å². The second kappa shape index (κ2) is 5.65. The van der Waals surface area contributed by atoms with E-state index in [-0.39, 0.29) is 12.0 Å². The number of carbonyl (C=O) groups is 1. The molecule has 1 aromatic rings. The number of hydrogen-bond acceptors (Lipinski definition) is 2. The lowest BCUT2D eigenvalue weighted by atomic mass is 9.79. The molecule has 1 aliphatic carbocycles. The SMILES string of the molecule is CN(CCc1ccc(F)cc1F)C1CC(C(=O)O)C1. The third kappa shape index (κ3) is 3.29. The van der Waals surface area contributed by atoms with Crippen molar-refractivity contribution >= 4 is 5.97 Å². The van der Waals surface area contributed by atoms with Crippen molar-refractivity contribution in [2.24, 2.45) is 5.92 Å². The van der Waals surface area contributed by atoms with E-state index >= 15 is 0 Å². The van der Waals surface area contributed by atoms with Crippen LogP contribution in [-0.4, -0.2) is 35.6 Å². The van der Waals surface area contributed by atoms with Crippen molar-refractivity contribution < 1.29 is 18.7 Å².